The fourth-order valence-electron chi connectivity index (χ4n) is 1.78. The van der Waals surface area contributed by atoms with Crippen LogP contribution >= 0.6 is 11.6 Å². The molecule has 0 fully saturated rings. The van der Waals surface area contributed by atoms with Crippen LogP contribution in [0.4, 0.5) is 22.0 Å². The number of hydrogen-bond donors (Lipinski definition) is 2. The Balaban J connectivity index is 2.17. The molecule has 1 heterocycles. The predicted octanol–water partition coefficient (Wildman–Crippen LogP) is 3.97. The van der Waals surface area contributed by atoms with Crippen molar-refractivity contribution >= 4 is 34.9 Å². The molecule has 0 aliphatic rings. The molecule has 0 aliphatic heterocycles. The Morgan fingerprint density at radius 3 is 2.64 bits per heavy atom. The first-order valence-corrected chi connectivity index (χ1v) is 6.83. The summed E-state index contributed by atoms with van der Waals surface area (Å²) in [6, 6.07) is 7.08. The zero-order chi connectivity index (χ0) is 16.1. The van der Waals surface area contributed by atoms with Gasteiger partial charge in [0.2, 0.25) is 0 Å². The van der Waals surface area contributed by atoms with Crippen molar-refractivity contribution in [3.8, 4) is 5.75 Å². The second kappa shape index (κ2) is 7.00. The average molecular weight is 322 g/mol. The predicted molar refractivity (Wildman–Crippen MR) is 86.3 cm³/mol. The third kappa shape index (κ3) is 3.79. The number of hydrogen-bond acceptors (Lipinski definition) is 5. The smallest absolute Gasteiger partial charge is 0.412 e. The molecule has 7 heteroatoms. The second-order valence-electron chi connectivity index (χ2n) is 4.48. The lowest BCUT2D eigenvalue weighted by Crippen LogP contribution is -2.11. The van der Waals surface area contributed by atoms with Crippen molar-refractivity contribution < 1.29 is 14.3 Å². The Kier molecular flexibility index (Phi) is 5.06. The molecule has 6 nitrogen and oxygen atoms in total. The number of aryl methyl sites for hydroxylation is 1. The van der Waals surface area contributed by atoms with Crippen LogP contribution < -0.4 is 15.4 Å². The molecule has 1 aromatic heterocycles. The van der Waals surface area contributed by atoms with Gasteiger partial charge in [0.25, 0.3) is 0 Å². The van der Waals surface area contributed by atoms with Crippen LogP contribution in [-0.4, -0.2) is 25.3 Å². The molecule has 1 amide bonds. The minimum atomic E-state index is -0.566. The summed E-state index contributed by atoms with van der Waals surface area (Å²) in [5.41, 5.74) is 2.46. The Labute approximate surface area is 133 Å². The topological polar surface area (TPSA) is 72.5 Å². The number of nitrogens with one attached hydrogen (secondary N) is 2. The van der Waals surface area contributed by atoms with E-state index < -0.39 is 6.09 Å². The van der Waals surface area contributed by atoms with E-state index in [-0.39, 0.29) is 0 Å². The first kappa shape index (κ1) is 15.9. The number of amides is 1. The number of aromatic nitrogens is 1. The van der Waals surface area contributed by atoms with Crippen molar-refractivity contribution in [3.05, 3.63) is 41.0 Å². The van der Waals surface area contributed by atoms with E-state index in [0.29, 0.717) is 16.6 Å². The van der Waals surface area contributed by atoms with Crippen LogP contribution in [0.15, 0.2) is 30.5 Å². The molecule has 0 saturated heterocycles. The van der Waals surface area contributed by atoms with Crippen molar-refractivity contribution in [2.24, 2.45) is 0 Å². The number of rotatable bonds is 4. The summed E-state index contributed by atoms with van der Waals surface area (Å²) >= 11 is 6.08. The number of methoxy groups -OCH3 is 2. The van der Waals surface area contributed by atoms with Gasteiger partial charge in [-0.05, 0) is 30.7 Å². The highest BCUT2D eigenvalue weighted by Crippen LogP contribution is 2.32. The molecule has 22 heavy (non-hydrogen) atoms. The third-order valence-electron chi connectivity index (χ3n) is 2.94. The van der Waals surface area contributed by atoms with Crippen molar-refractivity contribution in [1.29, 1.82) is 0 Å². The normalized spacial score (nSPS) is 10.0. The van der Waals surface area contributed by atoms with Crippen LogP contribution in [0, 0.1) is 6.92 Å². The van der Waals surface area contributed by atoms with E-state index in [4.69, 9.17) is 16.3 Å². The second-order valence-corrected chi connectivity index (χ2v) is 4.88. The SMILES string of the molecule is COC(=O)Nc1ccc(Nc2cc(C)c(Cl)cc2OC)cn1. The molecule has 0 radical (unpaired) electrons. The fraction of sp³-hybridized carbons (Fsp3) is 0.200. The Morgan fingerprint density at radius 1 is 1.27 bits per heavy atom. The Hall–Kier alpha value is -2.47. The molecular weight excluding hydrogens is 306 g/mol. The Morgan fingerprint density at radius 2 is 2.05 bits per heavy atom. The molecule has 0 unspecified atom stereocenters. The summed E-state index contributed by atoms with van der Waals surface area (Å²) in [5.74, 6) is 1.03. The number of benzene rings is 1. The molecule has 0 bridgehead atoms. The maximum atomic E-state index is 11.1. The van der Waals surface area contributed by atoms with Gasteiger partial charge in [-0.2, -0.15) is 0 Å². The van der Waals surface area contributed by atoms with Gasteiger partial charge in [-0.3, -0.25) is 5.32 Å². The standard InChI is InChI=1S/C15H16ClN3O3/c1-9-6-12(13(21-2)7-11(9)16)18-10-4-5-14(17-8-10)19-15(20)22-3/h4-8,18H,1-3H3,(H,17,19,20). The highest BCUT2D eigenvalue weighted by atomic mass is 35.5. The summed E-state index contributed by atoms with van der Waals surface area (Å²) in [5, 5.41) is 6.31. The fourth-order valence-corrected chi connectivity index (χ4v) is 1.94. The van der Waals surface area contributed by atoms with Crippen LogP contribution in [0.2, 0.25) is 5.02 Å². The quantitative estimate of drug-likeness (QED) is 0.891. The zero-order valence-corrected chi connectivity index (χ0v) is 13.2. The van der Waals surface area contributed by atoms with E-state index in [1.54, 1.807) is 31.5 Å². The maximum Gasteiger partial charge on any atom is 0.412 e. The summed E-state index contributed by atoms with van der Waals surface area (Å²) in [6.45, 7) is 1.91. The van der Waals surface area contributed by atoms with E-state index >= 15 is 0 Å². The van der Waals surface area contributed by atoms with Crippen LogP contribution in [-0.2, 0) is 4.74 Å². The highest BCUT2D eigenvalue weighted by Gasteiger charge is 2.08. The molecule has 2 aromatic rings. The van der Waals surface area contributed by atoms with Crippen LogP contribution in [0.5, 0.6) is 5.75 Å². The Bertz CT molecular complexity index is 674. The van der Waals surface area contributed by atoms with Crippen molar-refractivity contribution in [2.45, 2.75) is 6.92 Å². The molecule has 2 rings (SSSR count). The number of carbonyl (C=O) groups is 1. The molecule has 0 saturated carbocycles. The van der Waals surface area contributed by atoms with Crippen molar-refractivity contribution in [1.82, 2.24) is 4.98 Å². The summed E-state index contributed by atoms with van der Waals surface area (Å²) in [4.78, 5) is 15.2. The van der Waals surface area contributed by atoms with Gasteiger partial charge in [0.05, 0.1) is 31.8 Å². The van der Waals surface area contributed by atoms with E-state index in [1.807, 2.05) is 13.0 Å². The van der Waals surface area contributed by atoms with Gasteiger partial charge in [-0.1, -0.05) is 11.6 Å². The number of nitrogens with zero attached hydrogens (tertiary/aromatic N) is 1. The van der Waals surface area contributed by atoms with Crippen LogP contribution in [0.25, 0.3) is 0 Å². The van der Waals surface area contributed by atoms with Crippen LogP contribution in [0.1, 0.15) is 5.56 Å². The monoisotopic (exact) mass is 321 g/mol. The number of anilines is 3. The first-order chi connectivity index (χ1) is 10.5. The van der Waals surface area contributed by atoms with Crippen molar-refractivity contribution in [2.75, 3.05) is 24.9 Å². The number of halogens is 1. The summed E-state index contributed by atoms with van der Waals surface area (Å²) < 4.78 is 9.80. The zero-order valence-electron chi connectivity index (χ0n) is 12.4. The number of ether oxygens (including phenoxy) is 2. The van der Waals surface area contributed by atoms with Gasteiger partial charge < -0.3 is 14.8 Å². The summed E-state index contributed by atoms with van der Waals surface area (Å²) in [6.07, 6.45) is 1.03. The molecule has 0 atom stereocenters. The van der Waals surface area contributed by atoms with Gasteiger partial charge in [0.15, 0.2) is 0 Å². The first-order valence-electron chi connectivity index (χ1n) is 6.45. The number of carbonyl (C=O) groups excluding carboxylic acids is 1. The maximum absolute atomic E-state index is 11.1. The van der Waals surface area contributed by atoms with Gasteiger partial charge in [0.1, 0.15) is 11.6 Å². The molecule has 116 valence electrons. The number of pyridine rings is 1. The van der Waals surface area contributed by atoms with Gasteiger partial charge >= 0.3 is 6.09 Å². The molecular formula is C15H16ClN3O3. The van der Waals surface area contributed by atoms with Gasteiger partial charge in [-0.15, -0.1) is 0 Å². The average Bonchev–Trinajstić information content (AvgIpc) is 2.52. The van der Waals surface area contributed by atoms with Gasteiger partial charge in [-0.25, -0.2) is 9.78 Å². The van der Waals surface area contributed by atoms with Crippen molar-refractivity contribution in [3.63, 3.8) is 0 Å². The van der Waals surface area contributed by atoms with Crippen LogP contribution in [0.3, 0.4) is 0 Å². The van der Waals surface area contributed by atoms with E-state index in [9.17, 15) is 4.79 Å². The molecule has 1 aromatic carbocycles. The lowest BCUT2D eigenvalue weighted by molar-refractivity contribution is 0.187. The minimum Gasteiger partial charge on any atom is -0.495 e. The summed E-state index contributed by atoms with van der Waals surface area (Å²) in [7, 11) is 2.87. The lowest BCUT2D eigenvalue weighted by Gasteiger charge is -2.13. The van der Waals surface area contributed by atoms with E-state index in [1.165, 1.54) is 7.11 Å². The highest BCUT2D eigenvalue weighted by molar-refractivity contribution is 6.31. The molecule has 0 aliphatic carbocycles. The largest absolute Gasteiger partial charge is 0.495 e. The third-order valence-corrected chi connectivity index (χ3v) is 3.35. The van der Waals surface area contributed by atoms with E-state index in [2.05, 4.69) is 20.4 Å². The van der Waals surface area contributed by atoms with E-state index in [0.717, 1.165) is 16.9 Å². The minimum absolute atomic E-state index is 0.400. The lowest BCUT2D eigenvalue weighted by atomic mass is 10.2. The van der Waals surface area contributed by atoms with Gasteiger partial charge in [0, 0.05) is 11.1 Å². The molecule has 0 spiro atoms. The molecule has 2 N–H and O–H groups in total.